The van der Waals surface area contributed by atoms with Gasteiger partial charge in [0.25, 0.3) is 0 Å². The van der Waals surface area contributed by atoms with Crippen LogP contribution in [0, 0.1) is 0 Å². The van der Waals surface area contributed by atoms with Gasteiger partial charge >= 0.3 is 0 Å². The molecule has 0 bridgehead atoms. The van der Waals surface area contributed by atoms with Crippen molar-refractivity contribution in [3.63, 3.8) is 0 Å². The molecule has 0 spiro atoms. The van der Waals surface area contributed by atoms with Gasteiger partial charge < -0.3 is 20.1 Å². The standard InChI is InChI=1S/C20H34N4O2/c1-4-26-14-8-11-22-20(21-2)23-16-19(24-12-5-6-13-24)17-9-7-10-18(15-17)25-3/h7,9-10,15,19H,4-6,8,11-14,16H2,1-3H3,(H2,21,22,23). The van der Waals surface area contributed by atoms with Crippen LogP contribution in [-0.2, 0) is 4.74 Å². The molecule has 1 heterocycles. The number of hydrogen-bond donors (Lipinski definition) is 2. The Morgan fingerprint density at radius 2 is 2.08 bits per heavy atom. The molecule has 0 radical (unpaired) electrons. The van der Waals surface area contributed by atoms with Gasteiger partial charge in [0.1, 0.15) is 5.75 Å². The van der Waals surface area contributed by atoms with Crippen LogP contribution in [0.4, 0.5) is 0 Å². The minimum atomic E-state index is 0.314. The zero-order valence-corrected chi connectivity index (χ0v) is 16.5. The second kappa shape index (κ2) is 11.8. The van der Waals surface area contributed by atoms with Gasteiger partial charge in [0.15, 0.2) is 5.96 Å². The van der Waals surface area contributed by atoms with Crippen molar-refractivity contribution in [2.24, 2.45) is 4.99 Å². The highest BCUT2D eigenvalue weighted by molar-refractivity contribution is 5.79. The van der Waals surface area contributed by atoms with Crippen molar-refractivity contribution in [1.82, 2.24) is 15.5 Å². The lowest BCUT2D eigenvalue weighted by Crippen LogP contribution is -2.43. The van der Waals surface area contributed by atoms with Crippen molar-refractivity contribution in [2.45, 2.75) is 32.2 Å². The molecule has 6 heteroatoms. The quantitative estimate of drug-likeness (QED) is 0.380. The molecule has 1 fully saturated rings. The van der Waals surface area contributed by atoms with E-state index in [1.165, 1.54) is 18.4 Å². The molecule has 1 aliphatic rings. The van der Waals surface area contributed by atoms with E-state index >= 15 is 0 Å². The molecule has 1 saturated heterocycles. The summed E-state index contributed by atoms with van der Waals surface area (Å²) in [5.74, 6) is 1.75. The Labute approximate surface area is 158 Å². The number of nitrogens with one attached hydrogen (secondary N) is 2. The largest absolute Gasteiger partial charge is 0.497 e. The molecule has 146 valence electrons. The fourth-order valence-corrected chi connectivity index (χ4v) is 3.30. The van der Waals surface area contributed by atoms with E-state index in [-0.39, 0.29) is 0 Å². The SMILES string of the molecule is CCOCCCNC(=NC)NCC(c1cccc(OC)c1)N1CCCC1. The second-order valence-electron chi connectivity index (χ2n) is 6.47. The third-order valence-electron chi connectivity index (χ3n) is 4.71. The van der Waals surface area contributed by atoms with Gasteiger partial charge in [-0.2, -0.15) is 0 Å². The average molecular weight is 363 g/mol. The molecular formula is C20H34N4O2. The third-order valence-corrected chi connectivity index (χ3v) is 4.71. The van der Waals surface area contributed by atoms with Crippen LogP contribution in [0.15, 0.2) is 29.3 Å². The lowest BCUT2D eigenvalue weighted by atomic mass is 10.1. The van der Waals surface area contributed by atoms with Crippen molar-refractivity contribution in [3.05, 3.63) is 29.8 Å². The fraction of sp³-hybridized carbons (Fsp3) is 0.650. The highest BCUT2D eigenvalue weighted by Gasteiger charge is 2.24. The monoisotopic (exact) mass is 362 g/mol. The van der Waals surface area contributed by atoms with E-state index in [9.17, 15) is 0 Å². The number of likely N-dealkylation sites (tertiary alicyclic amines) is 1. The molecule has 1 aromatic rings. The molecule has 2 N–H and O–H groups in total. The molecule has 0 amide bonds. The molecule has 1 atom stereocenters. The summed E-state index contributed by atoms with van der Waals surface area (Å²) in [6, 6.07) is 8.71. The van der Waals surface area contributed by atoms with E-state index in [1.807, 2.05) is 20.0 Å². The zero-order valence-electron chi connectivity index (χ0n) is 16.5. The molecular weight excluding hydrogens is 328 g/mol. The van der Waals surface area contributed by atoms with Crippen LogP contribution in [0.5, 0.6) is 5.75 Å². The Balaban J connectivity index is 1.93. The van der Waals surface area contributed by atoms with Crippen molar-refractivity contribution in [3.8, 4) is 5.75 Å². The molecule has 1 aromatic carbocycles. The van der Waals surface area contributed by atoms with Gasteiger partial charge in [-0.3, -0.25) is 9.89 Å². The van der Waals surface area contributed by atoms with Gasteiger partial charge in [0.05, 0.1) is 13.2 Å². The van der Waals surface area contributed by atoms with Gasteiger partial charge in [-0.05, 0) is 57.0 Å². The van der Waals surface area contributed by atoms with Gasteiger partial charge in [0, 0.05) is 33.4 Å². The second-order valence-corrected chi connectivity index (χ2v) is 6.47. The number of nitrogens with zero attached hydrogens (tertiary/aromatic N) is 2. The summed E-state index contributed by atoms with van der Waals surface area (Å²) < 4.78 is 10.8. The number of methoxy groups -OCH3 is 1. The average Bonchev–Trinajstić information content (AvgIpc) is 3.21. The summed E-state index contributed by atoms with van der Waals surface area (Å²) in [6.45, 7) is 7.52. The first-order valence-corrected chi connectivity index (χ1v) is 9.68. The predicted molar refractivity (Wildman–Crippen MR) is 107 cm³/mol. The number of rotatable bonds is 10. The number of aliphatic imine (C=N–C) groups is 1. The maximum absolute atomic E-state index is 5.41. The van der Waals surface area contributed by atoms with Crippen LogP contribution >= 0.6 is 0 Å². The van der Waals surface area contributed by atoms with E-state index < -0.39 is 0 Å². The van der Waals surface area contributed by atoms with Crippen LogP contribution in [0.3, 0.4) is 0 Å². The molecule has 26 heavy (non-hydrogen) atoms. The Bertz CT molecular complexity index is 544. The van der Waals surface area contributed by atoms with Crippen LogP contribution in [-0.4, -0.2) is 64.4 Å². The molecule has 0 aromatic heterocycles. The van der Waals surface area contributed by atoms with E-state index in [1.54, 1.807) is 7.11 Å². The van der Waals surface area contributed by atoms with Gasteiger partial charge in [-0.15, -0.1) is 0 Å². The molecule has 1 unspecified atom stereocenters. The Kier molecular flexibility index (Phi) is 9.28. The normalized spacial score (nSPS) is 16.5. The minimum absolute atomic E-state index is 0.314. The summed E-state index contributed by atoms with van der Waals surface area (Å²) >= 11 is 0. The lowest BCUT2D eigenvalue weighted by Gasteiger charge is -2.29. The van der Waals surface area contributed by atoms with Gasteiger partial charge in [-0.25, -0.2) is 0 Å². The smallest absolute Gasteiger partial charge is 0.191 e. The molecule has 1 aliphatic heterocycles. The first kappa shape index (κ1) is 20.5. The van der Waals surface area contributed by atoms with Crippen molar-refractivity contribution >= 4 is 5.96 Å². The van der Waals surface area contributed by atoms with Crippen LogP contribution in [0.2, 0.25) is 0 Å². The predicted octanol–water partition coefficient (Wildman–Crippen LogP) is 2.42. The fourth-order valence-electron chi connectivity index (χ4n) is 3.30. The van der Waals surface area contributed by atoms with Crippen molar-refractivity contribution in [2.75, 3.05) is 53.6 Å². The molecule has 6 nitrogen and oxygen atoms in total. The highest BCUT2D eigenvalue weighted by atomic mass is 16.5. The van der Waals surface area contributed by atoms with Crippen molar-refractivity contribution in [1.29, 1.82) is 0 Å². The first-order chi connectivity index (χ1) is 12.8. The Hall–Kier alpha value is -1.79. The lowest BCUT2D eigenvalue weighted by molar-refractivity contribution is 0.145. The van der Waals surface area contributed by atoms with Crippen LogP contribution in [0.1, 0.15) is 37.8 Å². The van der Waals surface area contributed by atoms with E-state index in [2.05, 4.69) is 38.7 Å². The summed E-state index contributed by atoms with van der Waals surface area (Å²) in [5.41, 5.74) is 1.28. The number of hydrogen-bond acceptors (Lipinski definition) is 4. The number of benzene rings is 1. The highest BCUT2D eigenvalue weighted by Crippen LogP contribution is 2.27. The third kappa shape index (κ3) is 6.50. The number of ether oxygens (including phenoxy) is 2. The summed E-state index contributed by atoms with van der Waals surface area (Å²) in [4.78, 5) is 6.89. The van der Waals surface area contributed by atoms with Crippen LogP contribution < -0.4 is 15.4 Å². The first-order valence-electron chi connectivity index (χ1n) is 9.68. The summed E-state index contributed by atoms with van der Waals surface area (Å²) in [7, 11) is 3.53. The summed E-state index contributed by atoms with van der Waals surface area (Å²) in [5, 5.41) is 6.85. The Morgan fingerprint density at radius 3 is 2.77 bits per heavy atom. The van der Waals surface area contributed by atoms with Crippen LogP contribution in [0.25, 0.3) is 0 Å². The van der Waals surface area contributed by atoms with Crippen molar-refractivity contribution < 1.29 is 9.47 Å². The van der Waals surface area contributed by atoms with E-state index in [0.717, 1.165) is 57.5 Å². The topological polar surface area (TPSA) is 58.1 Å². The Morgan fingerprint density at radius 1 is 1.27 bits per heavy atom. The van der Waals surface area contributed by atoms with Gasteiger partial charge in [0.2, 0.25) is 0 Å². The maximum Gasteiger partial charge on any atom is 0.191 e. The molecule has 0 saturated carbocycles. The molecule has 2 rings (SSSR count). The zero-order chi connectivity index (χ0) is 18.6. The van der Waals surface area contributed by atoms with Gasteiger partial charge in [-0.1, -0.05) is 12.1 Å². The van der Waals surface area contributed by atoms with E-state index in [0.29, 0.717) is 6.04 Å². The maximum atomic E-state index is 5.41. The molecule has 0 aliphatic carbocycles. The summed E-state index contributed by atoms with van der Waals surface area (Å²) in [6.07, 6.45) is 3.51. The minimum Gasteiger partial charge on any atom is -0.497 e. The number of guanidine groups is 1. The van der Waals surface area contributed by atoms with E-state index in [4.69, 9.17) is 9.47 Å².